The Hall–Kier alpha value is -1.56. The maximum absolute atomic E-state index is 12.8. The molecular weight excluding hydrogens is 267 g/mol. The molecule has 0 fully saturated rings. The van der Waals surface area contributed by atoms with Crippen LogP contribution in [0.1, 0.15) is 31.5 Å². The van der Waals surface area contributed by atoms with Gasteiger partial charge in [-0.2, -0.15) is 13.2 Å². The summed E-state index contributed by atoms with van der Waals surface area (Å²) in [6.07, 6.45) is -2.75. The maximum atomic E-state index is 12.8. The maximum Gasteiger partial charge on any atom is 0.406 e. The summed E-state index contributed by atoms with van der Waals surface area (Å²) < 4.78 is 39.6. The average molecular weight is 285 g/mol. The van der Waals surface area contributed by atoms with E-state index in [0.717, 1.165) is 12.8 Å². The van der Waals surface area contributed by atoms with Crippen molar-refractivity contribution in [3.05, 3.63) is 30.1 Å². The van der Waals surface area contributed by atoms with E-state index < -0.39 is 12.7 Å². The molecule has 1 aromatic heterocycles. The van der Waals surface area contributed by atoms with Gasteiger partial charge in [0.25, 0.3) is 0 Å². The van der Waals surface area contributed by atoms with Crippen molar-refractivity contribution in [1.82, 2.24) is 9.55 Å². The molecule has 0 spiro atoms. The molecule has 1 aromatic carbocycles. The highest BCUT2D eigenvalue weighted by Crippen LogP contribution is 2.28. The summed E-state index contributed by atoms with van der Waals surface area (Å²) in [6.45, 7) is 1.42. The Morgan fingerprint density at radius 3 is 2.65 bits per heavy atom. The molecule has 1 unspecified atom stereocenters. The third kappa shape index (κ3) is 3.30. The van der Waals surface area contributed by atoms with Gasteiger partial charge in [0.15, 0.2) is 0 Å². The normalized spacial score (nSPS) is 13.8. The van der Waals surface area contributed by atoms with Gasteiger partial charge in [-0.05, 0) is 31.5 Å². The number of fused-ring (bicyclic) bond motifs is 1. The molecule has 0 aliphatic carbocycles. The van der Waals surface area contributed by atoms with Gasteiger partial charge in [-0.15, -0.1) is 0 Å². The minimum atomic E-state index is -4.26. The second kappa shape index (κ2) is 5.83. The van der Waals surface area contributed by atoms with Crippen LogP contribution in [0.3, 0.4) is 0 Å². The highest BCUT2D eigenvalue weighted by molar-refractivity contribution is 5.76. The van der Waals surface area contributed by atoms with Crippen molar-refractivity contribution in [1.29, 1.82) is 0 Å². The van der Waals surface area contributed by atoms with Gasteiger partial charge >= 0.3 is 6.18 Å². The van der Waals surface area contributed by atoms with Crippen molar-refractivity contribution >= 4 is 11.0 Å². The molecule has 0 aliphatic heterocycles. The van der Waals surface area contributed by atoms with Crippen LogP contribution in [-0.2, 0) is 6.54 Å². The molecule has 0 bridgehead atoms. The fourth-order valence-electron chi connectivity index (χ4n) is 2.37. The molecule has 110 valence electrons. The predicted octanol–water partition coefficient (Wildman–Crippen LogP) is 3.44. The van der Waals surface area contributed by atoms with Crippen molar-refractivity contribution < 1.29 is 13.2 Å². The molecule has 0 amide bonds. The van der Waals surface area contributed by atoms with E-state index in [1.807, 2.05) is 6.92 Å². The quantitative estimate of drug-likeness (QED) is 0.914. The first-order valence-electron chi connectivity index (χ1n) is 6.64. The van der Waals surface area contributed by atoms with Crippen LogP contribution < -0.4 is 5.73 Å². The number of rotatable bonds is 5. The first-order chi connectivity index (χ1) is 9.42. The van der Waals surface area contributed by atoms with Crippen LogP contribution >= 0.6 is 0 Å². The Labute approximate surface area is 115 Å². The predicted molar refractivity (Wildman–Crippen MR) is 72.5 cm³/mol. The van der Waals surface area contributed by atoms with Crippen molar-refractivity contribution in [2.75, 3.05) is 6.54 Å². The summed E-state index contributed by atoms with van der Waals surface area (Å²) in [4.78, 5) is 4.37. The van der Waals surface area contributed by atoms with E-state index in [-0.39, 0.29) is 5.92 Å². The minimum absolute atomic E-state index is 0.0479. The zero-order valence-corrected chi connectivity index (χ0v) is 11.3. The van der Waals surface area contributed by atoms with E-state index in [0.29, 0.717) is 23.4 Å². The Balaban J connectivity index is 2.43. The first kappa shape index (κ1) is 14.8. The second-order valence-corrected chi connectivity index (χ2v) is 4.99. The fraction of sp³-hybridized carbons (Fsp3) is 0.500. The summed E-state index contributed by atoms with van der Waals surface area (Å²) >= 11 is 0. The lowest BCUT2D eigenvalue weighted by molar-refractivity contribution is -0.140. The average Bonchev–Trinajstić information content (AvgIpc) is 2.73. The lowest BCUT2D eigenvalue weighted by atomic mass is 10.0. The SMILES string of the molecule is CC(CCCN)c1nc2ccccc2n1CC(F)(F)F. The number of benzene rings is 1. The molecule has 0 radical (unpaired) electrons. The van der Waals surface area contributed by atoms with Crippen LogP contribution in [-0.4, -0.2) is 22.3 Å². The third-order valence-electron chi connectivity index (χ3n) is 3.30. The standard InChI is InChI=1S/C14H18F3N3/c1-10(5-4-8-18)13-19-11-6-2-3-7-12(11)20(13)9-14(15,16)17/h2-3,6-7,10H,4-5,8-9,18H2,1H3. The van der Waals surface area contributed by atoms with Crippen LogP contribution in [0.4, 0.5) is 13.2 Å². The third-order valence-corrected chi connectivity index (χ3v) is 3.30. The van der Waals surface area contributed by atoms with Crippen LogP contribution in [0.5, 0.6) is 0 Å². The van der Waals surface area contributed by atoms with Gasteiger partial charge in [0.2, 0.25) is 0 Å². The first-order valence-corrected chi connectivity index (χ1v) is 6.64. The minimum Gasteiger partial charge on any atom is -0.330 e. The lowest BCUT2D eigenvalue weighted by Crippen LogP contribution is -2.20. The molecule has 1 atom stereocenters. The smallest absolute Gasteiger partial charge is 0.330 e. The Bertz CT molecular complexity index is 575. The Morgan fingerprint density at radius 2 is 2.00 bits per heavy atom. The van der Waals surface area contributed by atoms with Crippen molar-refractivity contribution in [2.24, 2.45) is 5.73 Å². The molecule has 1 heterocycles. The molecule has 0 saturated carbocycles. The number of nitrogens with two attached hydrogens (primary N) is 1. The zero-order valence-electron chi connectivity index (χ0n) is 11.3. The van der Waals surface area contributed by atoms with Gasteiger partial charge in [-0.1, -0.05) is 19.1 Å². The fourth-order valence-corrected chi connectivity index (χ4v) is 2.37. The van der Waals surface area contributed by atoms with E-state index in [1.165, 1.54) is 4.57 Å². The van der Waals surface area contributed by atoms with Gasteiger partial charge in [0.1, 0.15) is 12.4 Å². The highest BCUT2D eigenvalue weighted by atomic mass is 19.4. The molecule has 6 heteroatoms. The number of hydrogen-bond donors (Lipinski definition) is 1. The molecular formula is C14H18F3N3. The van der Waals surface area contributed by atoms with Crippen LogP contribution in [0.2, 0.25) is 0 Å². The van der Waals surface area contributed by atoms with Crippen LogP contribution in [0.25, 0.3) is 11.0 Å². The number of aromatic nitrogens is 2. The van der Waals surface area contributed by atoms with E-state index in [2.05, 4.69) is 4.98 Å². The number of halogens is 3. The summed E-state index contributed by atoms with van der Waals surface area (Å²) in [6, 6.07) is 6.92. The summed E-state index contributed by atoms with van der Waals surface area (Å²) in [7, 11) is 0. The molecule has 20 heavy (non-hydrogen) atoms. The van der Waals surface area contributed by atoms with Crippen molar-refractivity contribution in [2.45, 2.75) is 38.4 Å². The number of alkyl halides is 3. The van der Waals surface area contributed by atoms with Crippen molar-refractivity contribution in [3.63, 3.8) is 0 Å². The molecule has 2 N–H and O–H groups in total. The lowest BCUT2D eigenvalue weighted by Gasteiger charge is -2.16. The summed E-state index contributed by atoms with van der Waals surface area (Å²) in [5, 5.41) is 0. The van der Waals surface area contributed by atoms with Crippen molar-refractivity contribution in [3.8, 4) is 0 Å². The summed E-state index contributed by atoms with van der Waals surface area (Å²) in [5.74, 6) is 0.435. The zero-order chi connectivity index (χ0) is 14.8. The second-order valence-electron chi connectivity index (χ2n) is 4.99. The van der Waals surface area contributed by atoms with Crippen LogP contribution in [0.15, 0.2) is 24.3 Å². The molecule has 0 saturated heterocycles. The Kier molecular flexibility index (Phi) is 4.32. The monoisotopic (exact) mass is 285 g/mol. The van der Waals surface area contributed by atoms with Gasteiger partial charge in [-0.25, -0.2) is 4.98 Å². The van der Waals surface area contributed by atoms with Crippen LogP contribution in [0, 0.1) is 0 Å². The van der Waals surface area contributed by atoms with Gasteiger partial charge in [-0.3, -0.25) is 0 Å². The highest BCUT2D eigenvalue weighted by Gasteiger charge is 2.31. The Morgan fingerprint density at radius 1 is 1.30 bits per heavy atom. The number of nitrogens with zero attached hydrogens (tertiary/aromatic N) is 2. The number of imidazole rings is 1. The number of para-hydroxylation sites is 2. The van der Waals surface area contributed by atoms with Gasteiger partial charge in [0, 0.05) is 5.92 Å². The summed E-state index contributed by atoms with van der Waals surface area (Å²) in [5.41, 5.74) is 6.59. The van der Waals surface area contributed by atoms with E-state index in [9.17, 15) is 13.2 Å². The molecule has 3 nitrogen and oxygen atoms in total. The van der Waals surface area contributed by atoms with Gasteiger partial charge in [0.05, 0.1) is 11.0 Å². The van der Waals surface area contributed by atoms with E-state index >= 15 is 0 Å². The largest absolute Gasteiger partial charge is 0.406 e. The van der Waals surface area contributed by atoms with E-state index in [1.54, 1.807) is 24.3 Å². The topological polar surface area (TPSA) is 43.8 Å². The van der Waals surface area contributed by atoms with E-state index in [4.69, 9.17) is 5.73 Å². The number of hydrogen-bond acceptors (Lipinski definition) is 2. The molecule has 2 rings (SSSR count). The van der Waals surface area contributed by atoms with Gasteiger partial charge < -0.3 is 10.3 Å². The molecule has 2 aromatic rings. The molecule has 0 aliphatic rings.